The lowest BCUT2D eigenvalue weighted by molar-refractivity contribution is 0.179. The van der Waals surface area contributed by atoms with Crippen LogP contribution in [0.2, 0.25) is 0 Å². The molecule has 5 nitrogen and oxygen atoms in total. The lowest BCUT2D eigenvalue weighted by Crippen LogP contribution is -2.43. The van der Waals surface area contributed by atoms with E-state index >= 15 is 0 Å². The number of likely N-dealkylation sites (tertiary alicyclic amines) is 1. The van der Waals surface area contributed by atoms with Crippen molar-refractivity contribution in [3.05, 3.63) is 38.0 Å². The van der Waals surface area contributed by atoms with E-state index in [2.05, 4.69) is 65.7 Å². The van der Waals surface area contributed by atoms with Gasteiger partial charge in [0.05, 0.1) is 10.7 Å². The van der Waals surface area contributed by atoms with Gasteiger partial charge in [-0.3, -0.25) is 9.89 Å². The van der Waals surface area contributed by atoms with Gasteiger partial charge in [0, 0.05) is 47.2 Å². The van der Waals surface area contributed by atoms with Crippen molar-refractivity contribution < 1.29 is 0 Å². The molecule has 0 amide bonds. The SMILES string of the molecule is CCNC(=NCC1CCN(Cc2csc(C)n2)CC1)NC(C)Cc1ccc(C)s1.I. The van der Waals surface area contributed by atoms with Crippen LogP contribution in [0.15, 0.2) is 22.5 Å². The Balaban J connectivity index is 0.00000320. The molecule has 0 saturated carbocycles. The van der Waals surface area contributed by atoms with Gasteiger partial charge in [0.2, 0.25) is 0 Å². The average molecular weight is 562 g/mol. The first-order valence-corrected chi connectivity index (χ1v) is 12.4. The molecule has 1 saturated heterocycles. The number of aryl methyl sites for hydroxylation is 2. The van der Waals surface area contributed by atoms with Gasteiger partial charge in [0.25, 0.3) is 0 Å². The van der Waals surface area contributed by atoms with E-state index in [1.54, 1.807) is 11.3 Å². The maximum absolute atomic E-state index is 4.90. The minimum absolute atomic E-state index is 0. The van der Waals surface area contributed by atoms with Gasteiger partial charge in [0.1, 0.15) is 0 Å². The second-order valence-electron chi connectivity index (χ2n) is 8.06. The summed E-state index contributed by atoms with van der Waals surface area (Å²) in [6.45, 7) is 13.7. The zero-order valence-electron chi connectivity index (χ0n) is 18.6. The monoisotopic (exact) mass is 561 g/mol. The van der Waals surface area contributed by atoms with Gasteiger partial charge in [-0.05, 0) is 71.7 Å². The fraction of sp³-hybridized carbons (Fsp3) is 0.636. The summed E-state index contributed by atoms with van der Waals surface area (Å²) in [5.74, 6) is 1.63. The number of hydrogen-bond donors (Lipinski definition) is 2. The van der Waals surface area contributed by atoms with Crippen LogP contribution >= 0.6 is 46.7 Å². The molecule has 0 radical (unpaired) electrons. The maximum Gasteiger partial charge on any atom is 0.191 e. The third-order valence-electron chi connectivity index (χ3n) is 5.30. The Kier molecular flexibility index (Phi) is 11.1. The molecule has 2 aromatic heterocycles. The molecule has 168 valence electrons. The van der Waals surface area contributed by atoms with Crippen LogP contribution in [0.3, 0.4) is 0 Å². The Labute approximate surface area is 206 Å². The quantitative estimate of drug-likeness (QED) is 0.275. The van der Waals surface area contributed by atoms with Gasteiger partial charge in [-0.1, -0.05) is 0 Å². The lowest BCUT2D eigenvalue weighted by Gasteiger charge is -2.31. The summed E-state index contributed by atoms with van der Waals surface area (Å²) in [6.07, 6.45) is 3.48. The number of halogens is 1. The molecule has 1 unspecified atom stereocenters. The first-order valence-electron chi connectivity index (χ1n) is 10.7. The summed E-state index contributed by atoms with van der Waals surface area (Å²) in [6, 6.07) is 4.81. The predicted molar refractivity (Wildman–Crippen MR) is 142 cm³/mol. The second kappa shape index (κ2) is 13.0. The van der Waals surface area contributed by atoms with Crippen molar-refractivity contribution in [2.24, 2.45) is 10.9 Å². The molecule has 1 aliphatic heterocycles. The Hall–Kier alpha value is -0.710. The van der Waals surface area contributed by atoms with Crippen LogP contribution in [0.1, 0.15) is 47.1 Å². The fourth-order valence-electron chi connectivity index (χ4n) is 3.76. The third kappa shape index (κ3) is 8.43. The molecule has 8 heteroatoms. The topological polar surface area (TPSA) is 52.6 Å². The van der Waals surface area contributed by atoms with E-state index in [1.807, 2.05) is 11.3 Å². The van der Waals surface area contributed by atoms with Crippen LogP contribution in [0.5, 0.6) is 0 Å². The summed E-state index contributed by atoms with van der Waals surface area (Å²) in [5, 5.41) is 10.4. The molecule has 0 bridgehead atoms. The van der Waals surface area contributed by atoms with Gasteiger partial charge in [0.15, 0.2) is 5.96 Å². The summed E-state index contributed by atoms with van der Waals surface area (Å²) < 4.78 is 0. The Morgan fingerprint density at radius 3 is 2.67 bits per heavy atom. The van der Waals surface area contributed by atoms with E-state index < -0.39 is 0 Å². The van der Waals surface area contributed by atoms with E-state index in [9.17, 15) is 0 Å². The Bertz CT molecular complexity index is 780. The number of hydrogen-bond acceptors (Lipinski definition) is 5. The molecule has 3 heterocycles. The number of piperidine rings is 1. The maximum atomic E-state index is 4.90. The molecule has 1 fully saturated rings. The summed E-state index contributed by atoms with van der Waals surface area (Å²) in [4.78, 5) is 14.8. The van der Waals surface area contributed by atoms with Crippen LogP contribution in [-0.4, -0.2) is 48.1 Å². The number of nitrogens with one attached hydrogen (secondary N) is 2. The fourth-order valence-corrected chi connectivity index (χ4v) is 5.38. The number of guanidine groups is 1. The average Bonchev–Trinajstić information content (AvgIpc) is 3.28. The van der Waals surface area contributed by atoms with Gasteiger partial charge in [-0.25, -0.2) is 4.98 Å². The molecular weight excluding hydrogens is 525 g/mol. The molecule has 1 aliphatic rings. The number of aromatic nitrogens is 1. The van der Waals surface area contributed by atoms with Crippen molar-refractivity contribution in [1.82, 2.24) is 20.5 Å². The van der Waals surface area contributed by atoms with Crippen LogP contribution in [-0.2, 0) is 13.0 Å². The summed E-state index contributed by atoms with van der Waals surface area (Å²) in [5.41, 5.74) is 1.22. The molecule has 2 aromatic rings. The number of aliphatic imine (C=N–C) groups is 1. The molecule has 0 aromatic carbocycles. The molecule has 2 N–H and O–H groups in total. The number of rotatable bonds is 8. The third-order valence-corrected chi connectivity index (χ3v) is 7.14. The smallest absolute Gasteiger partial charge is 0.191 e. The van der Waals surface area contributed by atoms with E-state index in [4.69, 9.17) is 4.99 Å². The van der Waals surface area contributed by atoms with Crippen LogP contribution in [0.25, 0.3) is 0 Å². The summed E-state index contributed by atoms with van der Waals surface area (Å²) in [7, 11) is 0. The van der Waals surface area contributed by atoms with Crippen LogP contribution in [0.4, 0.5) is 0 Å². The van der Waals surface area contributed by atoms with E-state index in [-0.39, 0.29) is 24.0 Å². The molecule has 0 spiro atoms. The molecular formula is C22H36IN5S2. The van der Waals surface area contributed by atoms with E-state index in [1.165, 1.54) is 28.3 Å². The van der Waals surface area contributed by atoms with Gasteiger partial charge >= 0.3 is 0 Å². The predicted octanol–water partition coefficient (Wildman–Crippen LogP) is 4.84. The van der Waals surface area contributed by atoms with Gasteiger partial charge in [-0.2, -0.15) is 0 Å². The zero-order valence-corrected chi connectivity index (χ0v) is 22.6. The standard InChI is InChI=1S/C22H35N5S2.HI/c1-5-23-22(25-16(2)12-21-7-6-17(3)29-21)24-13-19-8-10-27(11-9-19)14-20-15-28-18(4)26-20;/h6-7,15-16,19H,5,8-14H2,1-4H3,(H2,23,24,25);1H. The largest absolute Gasteiger partial charge is 0.357 e. The molecule has 0 aliphatic carbocycles. The molecule has 1 atom stereocenters. The van der Waals surface area contributed by atoms with Crippen molar-refractivity contribution in [1.29, 1.82) is 0 Å². The van der Waals surface area contributed by atoms with E-state index in [0.29, 0.717) is 12.0 Å². The Morgan fingerprint density at radius 1 is 1.30 bits per heavy atom. The van der Waals surface area contributed by atoms with Gasteiger partial charge < -0.3 is 10.6 Å². The van der Waals surface area contributed by atoms with Crippen molar-refractivity contribution in [3.8, 4) is 0 Å². The second-order valence-corrected chi connectivity index (χ2v) is 10.5. The van der Waals surface area contributed by atoms with Crippen molar-refractivity contribution in [3.63, 3.8) is 0 Å². The van der Waals surface area contributed by atoms with Crippen LogP contribution in [0, 0.1) is 19.8 Å². The minimum Gasteiger partial charge on any atom is -0.357 e. The highest BCUT2D eigenvalue weighted by molar-refractivity contribution is 14.0. The van der Waals surface area contributed by atoms with Crippen molar-refractivity contribution in [2.75, 3.05) is 26.2 Å². The minimum atomic E-state index is 0. The number of nitrogens with zero attached hydrogens (tertiary/aromatic N) is 3. The summed E-state index contributed by atoms with van der Waals surface area (Å²) >= 11 is 3.63. The Morgan fingerprint density at radius 2 is 2.07 bits per heavy atom. The first kappa shape index (κ1) is 25.5. The number of thiophene rings is 1. The highest BCUT2D eigenvalue weighted by atomic mass is 127. The normalized spacial score (nSPS) is 16.9. The van der Waals surface area contributed by atoms with Crippen molar-refractivity contribution in [2.45, 2.75) is 59.5 Å². The van der Waals surface area contributed by atoms with Crippen LogP contribution < -0.4 is 10.6 Å². The molecule has 30 heavy (non-hydrogen) atoms. The first-order chi connectivity index (χ1) is 14.0. The highest BCUT2D eigenvalue weighted by Gasteiger charge is 2.20. The lowest BCUT2D eigenvalue weighted by atomic mass is 9.97. The van der Waals surface area contributed by atoms with Gasteiger partial charge in [-0.15, -0.1) is 46.7 Å². The molecule has 3 rings (SSSR count). The van der Waals surface area contributed by atoms with Crippen molar-refractivity contribution >= 4 is 52.6 Å². The zero-order chi connectivity index (χ0) is 20.6. The number of thiazole rings is 1. The highest BCUT2D eigenvalue weighted by Crippen LogP contribution is 2.20. The van der Waals surface area contributed by atoms with E-state index in [0.717, 1.165) is 50.1 Å².